The Morgan fingerprint density at radius 3 is 2.43 bits per heavy atom. The molecule has 2 rings (SSSR count). The van der Waals surface area contributed by atoms with Gasteiger partial charge in [0.15, 0.2) is 5.96 Å². The van der Waals surface area contributed by atoms with Gasteiger partial charge in [0.05, 0.1) is 6.54 Å². The number of nitrogens with zero attached hydrogens (tertiary/aromatic N) is 1. The molecule has 4 nitrogen and oxygen atoms in total. The lowest BCUT2D eigenvalue weighted by Crippen LogP contribution is -2.42. The van der Waals surface area contributed by atoms with Gasteiger partial charge in [0.2, 0.25) is 0 Å². The molecule has 0 unspecified atom stereocenters. The van der Waals surface area contributed by atoms with Gasteiger partial charge in [-0.05, 0) is 25.5 Å². The average Bonchev–Trinajstić information content (AvgIpc) is 2.58. The molecule has 0 saturated carbocycles. The summed E-state index contributed by atoms with van der Waals surface area (Å²) in [5.41, 5.74) is 2.27. The summed E-state index contributed by atoms with van der Waals surface area (Å²) < 4.78 is 5.95. The van der Waals surface area contributed by atoms with E-state index in [0.29, 0.717) is 19.2 Å². The van der Waals surface area contributed by atoms with Crippen molar-refractivity contribution >= 4 is 5.96 Å². The molecule has 0 amide bonds. The van der Waals surface area contributed by atoms with Crippen LogP contribution in [0.5, 0.6) is 5.75 Å². The second kappa shape index (κ2) is 8.83. The molecule has 2 aromatic rings. The lowest BCUT2D eigenvalue weighted by atomic mass is 10.1. The molecule has 2 aromatic carbocycles. The Labute approximate surface area is 138 Å². The Kier molecular flexibility index (Phi) is 6.48. The summed E-state index contributed by atoms with van der Waals surface area (Å²) in [4.78, 5) is 4.18. The van der Waals surface area contributed by atoms with Gasteiger partial charge in [-0.2, -0.15) is 0 Å². The molecule has 122 valence electrons. The van der Waals surface area contributed by atoms with E-state index in [4.69, 9.17) is 4.74 Å². The minimum atomic E-state index is 0.348. The van der Waals surface area contributed by atoms with E-state index < -0.39 is 0 Å². The van der Waals surface area contributed by atoms with Crippen LogP contribution in [0.4, 0.5) is 0 Å². The van der Waals surface area contributed by atoms with Crippen LogP contribution >= 0.6 is 0 Å². The van der Waals surface area contributed by atoms with Gasteiger partial charge in [0, 0.05) is 18.7 Å². The highest BCUT2D eigenvalue weighted by atomic mass is 16.5. The first kappa shape index (κ1) is 16.9. The number of guanidine groups is 1. The van der Waals surface area contributed by atoms with Crippen molar-refractivity contribution in [1.29, 1.82) is 0 Å². The van der Waals surface area contributed by atoms with Crippen LogP contribution in [0.25, 0.3) is 11.1 Å². The Morgan fingerprint density at radius 2 is 1.74 bits per heavy atom. The second-order valence-electron chi connectivity index (χ2n) is 5.51. The number of hydrogen-bond acceptors (Lipinski definition) is 2. The number of ether oxygens (including phenoxy) is 1. The van der Waals surface area contributed by atoms with Crippen molar-refractivity contribution in [3.63, 3.8) is 0 Å². The highest BCUT2D eigenvalue weighted by Crippen LogP contribution is 2.29. The maximum Gasteiger partial charge on any atom is 0.191 e. The fraction of sp³-hybridized carbons (Fsp3) is 0.316. The van der Waals surface area contributed by atoms with Gasteiger partial charge in [-0.15, -0.1) is 0 Å². The lowest BCUT2D eigenvalue weighted by molar-refractivity contribution is 0.323. The Morgan fingerprint density at radius 1 is 1.04 bits per heavy atom. The standard InChI is InChI=1S/C19H25N3O/c1-15(2)22-19(20-3)21-13-14-23-18-12-8-7-11-17(18)16-9-5-4-6-10-16/h4-12,15H,13-14H2,1-3H3,(H2,20,21,22). The van der Waals surface area contributed by atoms with Crippen molar-refractivity contribution in [2.24, 2.45) is 4.99 Å². The van der Waals surface area contributed by atoms with Crippen LogP contribution in [0.2, 0.25) is 0 Å². The number of para-hydroxylation sites is 1. The monoisotopic (exact) mass is 311 g/mol. The first-order chi connectivity index (χ1) is 11.2. The first-order valence-electron chi connectivity index (χ1n) is 7.95. The molecule has 23 heavy (non-hydrogen) atoms. The molecule has 2 N–H and O–H groups in total. The molecule has 0 saturated heterocycles. The van der Waals surface area contributed by atoms with Crippen LogP contribution in [-0.4, -0.2) is 32.2 Å². The maximum atomic E-state index is 5.95. The van der Waals surface area contributed by atoms with Crippen LogP contribution in [-0.2, 0) is 0 Å². The number of aliphatic imine (C=N–C) groups is 1. The topological polar surface area (TPSA) is 45.7 Å². The molecule has 0 bridgehead atoms. The van der Waals surface area contributed by atoms with Gasteiger partial charge >= 0.3 is 0 Å². The molecular weight excluding hydrogens is 286 g/mol. The van der Waals surface area contributed by atoms with Crippen LogP contribution in [0, 0.1) is 0 Å². The molecule has 0 spiro atoms. The molecule has 0 aliphatic carbocycles. The predicted molar refractivity (Wildman–Crippen MR) is 97.0 cm³/mol. The molecular formula is C19H25N3O. The van der Waals surface area contributed by atoms with Crippen molar-refractivity contribution in [2.75, 3.05) is 20.2 Å². The largest absolute Gasteiger partial charge is 0.491 e. The van der Waals surface area contributed by atoms with E-state index in [-0.39, 0.29) is 0 Å². The molecule has 0 aromatic heterocycles. The number of nitrogens with one attached hydrogen (secondary N) is 2. The van der Waals surface area contributed by atoms with E-state index in [1.165, 1.54) is 0 Å². The summed E-state index contributed by atoms with van der Waals surface area (Å²) in [5, 5.41) is 6.49. The van der Waals surface area contributed by atoms with E-state index >= 15 is 0 Å². The summed E-state index contributed by atoms with van der Waals surface area (Å²) in [7, 11) is 1.77. The van der Waals surface area contributed by atoms with E-state index in [9.17, 15) is 0 Å². The van der Waals surface area contributed by atoms with Gasteiger partial charge in [0.1, 0.15) is 12.4 Å². The Bertz CT molecular complexity index is 624. The molecule has 0 aliphatic heterocycles. The van der Waals surface area contributed by atoms with Crippen LogP contribution in [0.1, 0.15) is 13.8 Å². The number of rotatable bonds is 6. The van der Waals surface area contributed by atoms with Crippen molar-refractivity contribution in [2.45, 2.75) is 19.9 Å². The summed E-state index contributed by atoms with van der Waals surface area (Å²) in [6.07, 6.45) is 0. The smallest absolute Gasteiger partial charge is 0.191 e. The second-order valence-corrected chi connectivity index (χ2v) is 5.51. The van der Waals surface area contributed by atoms with Crippen molar-refractivity contribution in [3.8, 4) is 16.9 Å². The molecule has 4 heteroatoms. The zero-order chi connectivity index (χ0) is 16.5. The minimum Gasteiger partial charge on any atom is -0.491 e. The van der Waals surface area contributed by atoms with E-state index in [1.54, 1.807) is 7.05 Å². The lowest BCUT2D eigenvalue weighted by Gasteiger charge is -2.15. The van der Waals surface area contributed by atoms with Crippen molar-refractivity contribution in [3.05, 3.63) is 54.6 Å². The number of hydrogen-bond donors (Lipinski definition) is 2. The summed E-state index contributed by atoms with van der Waals surface area (Å²) in [6.45, 7) is 5.43. The highest BCUT2D eigenvalue weighted by Gasteiger charge is 2.05. The molecule has 0 radical (unpaired) electrons. The normalized spacial score (nSPS) is 11.4. The molecule has 0 heterocycles. The summed E-state index contributed by atoms with van der Waals surface area (Å²) in [5.74, 6) is 1.69. The zero-order valence-corrected chi connectivity index (χ0v) is 14.0. The van der Waals surface area contributed by atoms with Crippen LogP contribution in [0.3, 0.4) is 0 Å². The van der Waals surface area contributed by atoms with Gasteiger partial charge in [0.25, 0.3) is 0 Å². The van der Waals surface area contributed by atoms with Gasteiger partial charge in [-0.25, -0.2) is 0 Å². The van der Waals surface area contributed by atoms with Crippen LogP contribution < -0.4 is 15.4 Å². The third-order valence-electron chi connectivity index (χ3n) is 3.27. The third-order valence-corrected chi connectivity index (χ3v) is 3.27. The third kappa shape index (κ3) is 5.33. The molecule has 0 fully saturated rings. The van der Waals surface area contributed by atoms with Crippen LogP contribution in [0.15, 0.2) is 59.6 Å². The average molecular weight is 311 g/mol. The van der Waals surface area contributed by atoms with Gasteiger partial charge in [-0.1, -0.05) is 48.5 Å². The van der Waals surface area contributed by atoms with E-state index in [2.05, 4.69) is 47.7 Å². The maximum absolute atomic E-state index is 5.95. The number of benzene rings is 2. The van der Waals surface area contributed by atoms with Crippen molar-refractivity contribution in [1.82, 2.24) is 10.6 Å². The highest BCUT2D eigenvalue weighted by molar-refractivity contribution is 5.79. The van der Waals surface area contributed by atoms with E-state index in [0.717, 1.165) is 22.8 Å². The van der Waals surface area contributed by atoms with Gasteiger partial charge in [-0.3, -0.25) is 4.99 Å². The van der Waals surface area contributed by atoms with E-state index in [1.807, 2.05) is 36.4 Å². The van der Waals surface area contributed by atoms with Crippen molar-refractivity contribution < 1.29 is 4.74 Å². The Balaban J connectivity index is 1.92. The first-order valence-corrected chi connectivity index (χ1v) is 7.95. The summed E-state index contributed by atoms with van der Waals surface area (Å²) >= 11 is 0. The van der Waals surface area contributed by atoms with Gasteiger partial charge < -0.3 is 15.4 Å². The fourth-order valence-corrected chi connectivity index (χ4v) is 2.25. The fourth-order valence-electron chi connectivity index (χ4n) is 2.25. The SMILES string of the molecule is CN=C(NCCOc1ccccc1-c1ccccc1)NC(C)C. The Hall–Kier alpha value is -2.49. The molecule has 0 atom stereocenters. The molecule has 0 aliphatic rings. The quantitative estimate of drug-likeness (QED) is 0.489. The zero-order valence-electron chi connectivity index (χ0n) is 14.0. The minimum absolute atomic E-state index is 0.348. The predicted octanol–water partition coefficient (Wildman–Crippen LogP) is 3.31. The summed E-state index contributed by atoms with van der Waals surface area (Å²) in [6, 6.07) is 18.7.